The van der Waals surface area contributed by atoms with Crippen LogP contribution in [0.25, 0.3) is 0 Å². The van der Waals surface area contributed by atoms with E-state index in [0.29, 0.717) is 6.61 Å². The molecule has 0 radical (unpaired) electrons. The molecule has 2 aromatic rings. The predicted octanol–water partition coefficient (Wildman–Crippen LogP) is 4.83. The normalized spacial score (nSPS) is 11.9. The monoisotopic (exact) mass is 270 g/mol. The first-order valence-corrected chi connectivity index (χ1v) is 7.21. The molecule has 2 nitrogen and oxygen atoms in total. The van der Waals surface area contributed by atoms with Crippen molar-refractivity contribution in [1.82, 2.24) is 0 Å². The largest absolute Gasteiger partial charge is 0.491 e. The van der Waals surface area contributed by atoms with E-state index in [0.717, 1.165) is 24.3 Å². The van der Waals surface area contributed by atoms with Gasteiger partial charge in [0.05, 0.1) is 6.10 Å². The van der Waals surface area contributed by atoms with Crippen LogP contribution in [-0.2, 0) is 6.61 Å². The van der Waals surface area contributed by atoms with Gasteiger partial charge in [-0.25, -0.2) is 0 Å². The van der Waals surface area contributed by atoms with Gasteiger partial charge in [-0.3, -0.25) is 0 Å². The van der Waals surface area contributed by atoms with Crippen LogP contribution in [0.15, 0.2) is 54.6 Å². The molecule has 0 aliphatic rings. The minimum Gasteiger partial charge on any atom is -0.491 e. The van der Waals surface area contributed by atoms with Crippen molar-refractivity contribution in [3.8, 4) is 11.5 Å². The van der Waals surface area contributed by atoms with E-state index in [2.05, 4.69) is 26.0 Å². The average molecular weight is 270 g/mol. The minimum atomic E-state index is 0.260. The third kappa shape index (κ3) is 4.61. The fourth-order valence-corrected chi connectivity index (χ4v) is 2.05. The lowest BCUT2D eigenvalue weighted by molar-refractivity contribution is 0.209. The molecule has 2 heteroatoms. The SMILES string of the molecule is CCCC(C)Oc1ccc(OCc2ccccc2)cc1. The lowest BCUT2D eigenvalue weighted by Crippen LogP contribution is -2.10. The molecular weight excluding hydrogens is 248 g/mol. The first-order chi connectivity index (χ1) is 9.78. The molecule has 0 heterocycles. The van der Waals surface area contributed by atoms with Gasteiger partial charge in [-0.1, -0.05) is 43.7 Å². The highest BCUT2D eigenvalue weighted by Gasteiger charge is 2.03. The second kappa shape index (κ2) is 7.59. The summed E-state index contributed by atoms with van der Waals surface area (Å²) in [7, 11) is 0. The molecule has 0 bridgehead atoms. The molecule has 20 heavy (non-hydrogen) atoms. The van der Waals surface area contributed by atoms with Gasteiger partial charge in [-0.15, -0.1) is 0 Å². The van der Waals surface area contributed by atoms with Crippen LogP contribution in [0.5, 0.6) is 11.5 Å². The Morgan fingerprint density at radius 2 is 1.55 bits per heavy atom. The molecule has 106 valence electrons. The molecular formula is C18H22O2. The zero-order valence-electron chi connectivity index (χ0n) is 12.2. The zero-order valence-corrected chi connectivity index (χ0v) is 12.2. The molecule has 0 saturated carbocycles. The number of hydrogen-bond donors (Lipinski definition) is 0. The molecule has 0 fully saturated rings. The lowest BCUT2D eigenvalue weighted by atomic mass is 10.2. The smallest absolute Gasteiger partial charge is 0.120 e. The van der Waals surface area contributed by atoms with E-state index in [1.165, 1.54) is 5.56 Å². The van der Waals surface area contributed by atoms with Gasteiger partial charge in [0.2, 0.25) is 0 Å². The van der Waals surface area contributed by atoms with E-state index in [9.17, 15) is 0 Å². The van der Waals surface area contributed by atoms with Crippen molar-refractivity contribution in [2.75, 3.05) is 0 Å². The maximum Gasteiger partial charge on any atom is 0.120 e. The van der Waals surface area contributed by atoms with Gasteiger partial charge in [0.1, 0.15) is 18.1 Å². The van der Waals surface area contributed by atoms with Gasteiger partial charge < -0.3 is 9.47 Å². The molecule has 0 aliphatic carbocycles. The van der Waals surface area contributed by atoms with Crippen molar-refractivity contribution >= 4 is 0 Å². The molecule has 0 N–H and O–H groups in total. The maximum atomic E-state index is 5.82. The van der Waals surface area contributed by atoms with E-state index in [1.807, 2.05) is 42.5 Å². The van der Waals surface area contributed by atoms with Gasteiger partial charge in [-0.2, -0.15) is 0 Å². The number of benzene rings is 2. The maximum absolute atomic E-state index is 5.82. The molecule has 0 saturated heterocycles. The number of ether oxygens (including phenoxy) is 2. The second-order valence-corrected chi connectivity index (χ2v) is 4.96. The topological polar surface area (TPSA) is 18.5 Å². The third-order valence-corrected chi connectivity index (χ3v) is 3.10. The molecule has 2 rings (SSSR count). The summed E-state index contributed by atoms with van der Waals surface area (Å²) in [5, 5.41) is 0. The quantitative estimate of drug-likeness (QED) is 0.717. The Morgan fingerprint density at radius 1 is 0.900 bits per heavy atom. The highest BCUT2D eigenvalue weighted by Crippen LogP contribution is 2.20. The molecule has 0 aromatic heterocycles. The summed E-state index contributed by atoms with van der Waals surface area (Å²) in [5.41, 5.74) is 1.17. The summed E-state index contributed by atoms with van der Waals surface area (Å²) < 4.78 is 11.6. The highest BCUT2D eigenvalue weighted by molar-refractivity contribution is 5.31. The molecule has 0 aliphatic heterocycles. The standard InChI is InChI=1S/C18H22O2/c1-3-7-15(2)20-18-12-10-17(11-13-18)19-14-16-8-5-4-6-9-16/h4-6,8-13,15H,3,7,14H2,1-2H3. The van der Waals surface area contributed by atoms with Crippen molar-refractivity contribution in [2.24, 2.45) is 0 Å². The summed E-state index contributed by atoms with van der Waals surface area (Å²) in [5.74, 6) is 1.77. The molecule has 0 amide bonds. The summed E-state index contributed by atoms with van der Waals surface area (Å²) >= 11 is 0. The van der Waals surface area contributed by atoms with Crippen LogP contribution in [0.1, 0.15) is 32.3 Å². The molecule has 1 atom stereocenters. The van der Waals surface area contributed by atoms with Crippen LogP contribution >= 0.6 is 0 Å². The second-order valence-electron chi connectivity index (χ2n) is 4.96. The lowest BCUT2D eigenvalue weighted by Gasteiger charge is -2.14. The Kier molecular flexibility index (Phi) is 5.48. The van der Waals surface area contributed by atoms with Crippen molar-refractivity contribution < 1.29 is 9.47 Å². The van der Waals surface area contributed by atoms with Crippen molar-refractivity contribution in [3.05, 3.63) is 60.2 Å². The Labute approximate surface area is 121 Å². The fraction of sp³-hybridized carbons (Fsp3) is 0.333. The fourth-order valence-electron chi connectivity index (χ4n) is 2.05. The van der Waals surface area contributed by atoms with Gasteiger partial charge in [0, 0.05) is 0 Å². The van der Waals surface area contributed by atoms with E-state index < -0.39 is 0 Å². The Bertz CT molecular complexity index is 491. The number of hydrogen-bond acceptors (Lipinski definition) is 2. The summed E-state index contributed by atoms with van der Waals surface area (Å²) in [4.78, 5) is 0. The van der Waals surface area contributed by atoms with Crippen molar-refractivity contribution in [1.29, 1.82) is 0 Å². The molecule has 0 spiro atoms. The summed E-state index contributed by atoms with van der Waals surface area (Å²) in [6.45, 7) is 4.86. The van der Waals surface area contributed by atoms with Crippen molar-refractivity contribution in [3.63, 3.8) is 0 Å². The highest BCUT2D eigenvalue weighted by atomic mass is 16.5. The first kappa shape index (κ1) is 14.4. The van der Waals surface area contributed by atoms with Gasteiger partial charge >= 0.3 is 0 Å². The zero-order chi connectivity index (χ0) is 14.2. The van der Waals surface area contributed by atoms with Crippen LogP contribution in [0.3, 0.4) is 0 Å². The van der Waals surface area contributed by atoms with E-state index in [4.69, 9.17) is 9.47 Å². The molecule has 1 unspecified atom stereocenters. The van der Waals surface area contributed by atoms with Crippen LogP contribution in [-0.4, -0.2) is 6.10 Å². The number of rotatable bonds is 7. The summed E-state index contributed by atoms with van der Waals surface area (Å²) in [6.07, 6.45) is 2.47. The first-order valence-electron chi connectivity index (χ1n) is 7.21. The predicted molar refractivity (Wildman–Crippen MR) is 82.2 cm³/mol. The van der Waals surface area contributed by atoms with Crippen LogP contribution < -0.4 is 9.47 Å². The summed E-state index contributed by atoms with van der Waals surface area (Å²) in [6, 6.07) is 18.0. The van der Waals surface area contributed by atoms with Gasteiger partial charge in [0.25, 0.3) is 0 Å². The Hall–Kier alpha value is -1.96. The van der Waals surface area contributed by atoms with Crippen LogP contribution in [0, 0.1) is 0 Å². The van der Waals surface area contributed by atoms with E-state index >= 15 is 0 Å². The Balaban J connectivity index is 1.85. The van der Waals surface area contributed by atoms with E-state index in [-0.39, 0.29) is 6.10 Å². The van der Waals surface area contributed by atoms with Crippen LogP contribution in [0.2, 0.25) is 0 Å². The van der Waals surface area contributed by atoms with Gasteiger partial charge in [0.15, 0.2) is 0 Å². The van der Waals surface area contributed by atoms with E-state index in [1.54, 1.807) is 0 Å². The van der Waals surface area contributed by atoms with Gasteiger partial charge in [-0.05, 0) is 43.2 Å². The van der Waals surface area contributed by atoms with Crippen LogP contribution in [0.4, 0.5) is 0 Å². The Morgan fingerprint density at radius 3 is 2.20 bits per heavy atom. The average Bonchev–Trinajstić information content (AvgIpc) is 2.48. The van der Waals surface area contributed by atoms with Crippen molar-refractivity contribution in [2.45, 2.75) is 39.4 Å². The molecule has 2 aromatic carbocycles. The third-order valence-electron chi connectivity index (χ3n) is 3.10. The minimum absolute atomic E-state index is 0.260.